The number of benzene rings is 1. The Hall–Kier alpha value is -1.35. The van der Waals surface area contributed by atoms with Crippen molar-refractivity contribution in [1.29, 1.82) is 0 Å². The smallest absolute Gasteiger partial charge is 0.313 e. The van der Waals surface area contributed by atoms with Crippen molar-refractivity contribution in [2.45, 2.75) is 40.0 Å². The monoisotopic (exact) mass is 277 g/mol. The van der Waals surface area contributed by atoms with E-state index in [1.165, 1.54) is 5.56 Å². The van der Waals surface area contributed by atoms with E-state index in [-0.39, 0.29) is 11.9 Å². The van der Waals surface area contributed by atoms with Crippen LogP contribution in [0, 0.1) is 5.92 Å². The molecule has 0 amide bonds. The molecule has 0 aromatic heterocycles. The normalized spacial score (nSPS) is 12.4. The maximum atomic E-state index is 11.9. The first-order chi connectivity index (χ1) is 9.54. The highest BCUT2D eigenvalue weighted by Crippen LogP contribution is 2.18. The van der Waals surface area contributed by atoms with E-state index >= 15 is 0 Å². The molecule has 20 heavy (non-hydrogen) atoms. The van der Waals surface area contributed by atoms with Crippen molar-refractivity contribution in [3.8, 4) is 0 Å². The minimum Gasteiger partial charge on any atom is -0.464 e. The van der Waals surface area contributed by atoms with Crippen molar-refractivity contribution in [2.24, 2.45) is 5.92 Å². The van der Waals surface area contributed by atoms with E-state index in [0.717, 1.165) is 18.5 Å². The molecular formula is C17H27NO2. The van der Waals surface area contributed by atoms with E-state index in [1.807, 2.05) is 26.0 Å². The van der Waals surface area contributed by atoms with Crippen LogP contribution in [0.4, 0.5) is 0 Å². The van der Waals surface area contributed by atoms with Crippen molar-refractivity contribution < 1.29 is 9.53 Å². The molecule has 112 valence electrons. The molecule has 1 atom stereocenters. The van der Waals surface area contributed by atoms with Crippen LogP contribution in [0.3, 0.4) is 0 Å². The molecule has 0 aliphatic rings. The lowest BCUT2D eigenvalue weighted by molar-refractivity contribution is -0.144. The third-order valence-corrected chi connectivity index (χ3v) is 3.25. The Balaban J connectivity index is 2.49. The van der Waals surface area contributed by atoms with Gasteiger partial charge in [0.05, 0.1) is 5.92 Å². The minimum absolute atomic E-state index is 0.153. The van der Waals surface area contributed by atoms with E-state index in [9.17, 15) is 4.79 Å². The Morgan fingerprint density at radius 1 is 1.20 bits per heavy atom. The molecule has 3 heteroatoms. The van der Waals surface area contributed by atoms with Crippen LogP contribution in [0.25, 0.3) is 0 Å². The molecule has 0 aliphatic carbocycles. The third-order valence-electron chi connectivity index (χ3n) is 3.25. The quantitative estimate of drug-likeness (QED) is 0.586. The van der Waals surface area contributed by atoms with Crippen LogP contribution in [-0.2, 0) is 16.0 Å². The van der Waals surface area contributed by atoms with Crippen molar-refractivity contribution in [2.75, 3.05) is 19.7 Å². The van der Waals surface area contributed by atoms with Gasteiger partial charge in [-0.05, 0) is 36.9 Å². The number of esters is 1. The molecule has 0 saturated heterocycles. The van der Waals surface area contributed by atoms with E-state index in [2.05, 4.69) is 31.3 Å². The summed E-state index contributed by atoms with van der Waals surface area (Å²) in [6.45, 7) is 10.4. The summed E-state index contributed by atoms with van der Waals surface area (Å²) in [7, 11) is 0. The van der Waals surface area contributed by atoms with Crippen LogP contribution in [0.5, 0.6) is 0 Å². The van der Waals surface area contributed by atoms with Crippen molar-refractivity contribution >= 4 is 5.97 Å². The predicted molar refractivity (Wildman–Crippen MR) is 82.9 cm³/mol. The van der Waals surface area contributed by atoms with Crippen molar-refractivity contribution in [3.63, 3.8) is 0 Å². The second-order valence-electron chi connectivity index (χ2n) is 5.58. The van der Waals surface area contributed by atoms with Crippen LogP contribution in [0.2, 0.25) is 0 Å². The van der Waals surface area contributed by atoms with E-state index in [0.29, 0.717) is 19.1 Å². The molecule has 0 saturated carbocycles. The second kappa shape index (κ2) is 8.75. The van der Waals surface area contributed by atoms with Gasteiger partial charge in [0.2, 0.25) is 0 Å². The molecule has 1 aromatic carbocycles. The molecule has 0 radical (unpaired) electrons. The summed E-state index contributed by atoms with van der Waals surface area (Å²) in [5.74, 6) is 0.290. The molecule has 1 N–H and O–H groups in total. The van der Waals surface area contributed by atoms with Gasteiger partial charge in [-0.15, -0.1) is 0 Å². The fraction of sp³-hybridized carbons (Fsp3) is 0.588. The summed E-state index contributed by atoms with van der Waals surface area (Å²) in [6.07, 6.45) is 1.07. The first kappa shape index (κ1) is 16.7. The summed E-state index contributed by atoms with van der Waals surface area (Å²) >= 11 is 0. The highest BCUT2D eigenvalue weighted by Gasteiger charge is 2.16. The Labute approximate surface area is 122 Å². The molecule has 0 fully saturated rings. The zero-order valence-corrected chi connectivity index (χ0v) is 13.1. The number of hydrogen-bond acceptors (Lipinski definition) is 3. The molecule has 1 aromatic rings. The highest BCUT2D eigenvalue weighted by atomic mass is 16.5. The fourth-order valence-electron chi connectivity index (χ4n) is 2.08. The van der Waals surface area contributed by atoms with Gasteiger partial charge in [0.25, 0.3) is 0 Å². The first-order valence-electron chi connectivity index (χ1n) is 7.50. The van der Waals surface area contributed by atoms with Crippen LogP contribution in [0.15, 0.2) is 24.3 Å². The summed E-state index contributed by atoms with van der Waals surface area (Å²) in [4.78, 5) is 11.9. The molecule has 0 spiro atoms. The van der Waals surface area contributed by atoms with Crippen LogP contribution in [0.1, 0.15) is 44.7 Å². The second-order valence-corrected chi connectivity index (χ2v) is 5.58. The van der Waals surface area contributed by atoms with Gasteiger partial charge in [0, 0.05) is 6.54 Å². The van der Waals surface area contributed by atoms with Gasteiger partial charge in [-0.1, -0.05) is 45.0 Å². The number of carbonyl (C=O) groups is 1. The van der Waals surface area contributed by atoms with Gasteiger partial charge < -0.3 is 10.1 Å². The lowest BCUT2D eigenvalue weighted by atomic mass is 9.97. The van der Waals surface area contributed by atoms with Gasteiger partial charge in [-0.25, -0.2) is 0 Å². The molecule has 1 rings (SSSR count). The summed E-state index contributed by atoms with van der Waals surface area (Å²) < 4.78 is 5.25. The number of ether oxygens (including phenoxy) is 1. The van der Waals surface area contributed by atoms with Gasteiger partial charge in [-0.2, -0.15) is 0 Å². The van der Waals surface area contributed by atoms with Crippen molar-refractivity contribution in [1.82, 2.24) is 5.32 Å². The molecular weight excluding hydrogens is 250 g/mol. The van der Waals surface area contributed by atoms with Gasteiger partial charge in [0.1, 0.15) is 6.61 Å². The molecule has 1 unspecified atom stereocenters. The Kier molecular flexibility index (Phi) is 7.31. The lowest BCUT2D eigenvalue weighted by Crippen LogP contribution is -2.22. The first-order valence-corrected chi connectivity index (χ1v) is 7.50. The van der Waals surface area contributed by atoms with Crippen LogP contribution < -0.4 is 5.32 Å². The predicted octanol–water partition coefficient (Wildman–Crippen LogP) is 3.14. The number of carbonyl (C=O) groups excluding carboxylic acids is 1. The maximum Gasteiger partial charge on any atom is 0.313 e. The number of hydrogen-bond donors (Lipinski definition) is 1. The number of nitrogens with one attached hydrogen (secondary N) is 1. The van der Waals surface area contributed by atoms with E-state index < -0.39 is 0 Å². The Morgan fingerprint density at radius 2 is 1.85 bits per heavy atom. The Bertz CT molecular complexity index is 398. The molecule has 0 aliphatic heterocycles. The lowest BCUT2D eigenvalue weighted by Gasteiger charge is -2.13. The summed E-state index contributed by atoms with van der Waals surface area (Å²) in [5, 5.41) is 3.13. The zero-order valence-electron chi connectivity index (χ0n) is 13.1. The van der Waals surface area contributed by atoms with Gasteiger partial charge in [-0.3, -0.25) is 4.79 Å². The number of likely N-dealkylation sites (N-methyl/N-ethyl adjacent to an activating group) is 1. The SMILES string of the molecule is CCNCCOC(=O)C(C)c1ccc(CC(C)C)cc1. The van der Waals surface area contributed by atoms with E-state index in [4.69, 9.17) is 4.74 Å². The molecule has 0 heterocycles. The topological polar surface area (TPSA) is 38.3 Å². The maximum absolute atomic E-state index is 11.9. The van der Waals surface area contributed by atoms with E-state index in [1.54, 1.807) is 0 Å². The number of rotatable bonds is 8. The van der Waals surface area contributed by atoms with Gasteiger partial charge in [0.15, 0.2) is 0 Å². The highest BCUT2D eigenvalue weighted by molar-refractivity contribution is 5.77. The third kappa shape index (κ3) is 5.74. The average molecular weight is 277 g/mol. The summed E-state index contributed by atoms with van der Waals surface area (Å²) in [6, 6.07) is 8.29. The van der Waals surface area contributed by atoms with Gasteiger partial charge >= 0.3 is 5.97 Å². The van der Waals surface area contributed by atoms with Crippen LogP contribution >= 0.6 is 0 Å². The standard InChI is InChI=1S/C17H27NO2/c1-5-18-10-11-20-17(19)14(4)16-8-6-15(7-9-16)12-13(2)3/h6-9,13-14,18H,5,10-12H2,1-4H3. The molecule has 0 bridgehead atoms. The molecule has 3 nitrogen and oxygen atoms in total. The van der Waals surface area contributed by atoms with Crippen LogP contribution in [-0.4, -0.2) is 25.7 Å². The zero-order chi connectivity index (χ0) is 15.0. The Morgan fingerprint density at radius 3 is 2.40 bits per heavy atom. The summed E-state index contributed by atoms with van der Waals surface area (Å²) in [5.41, 5.74) is 2.34. The average Bonchev–Trinajstić information content (AvgIpc) is 2.43. The largest absolute Gasteiger partial charge is 0.464 e. The fourth-order valence-corrected chi connectivity index (χ4v) is 2.08. The van der Waals surface area contributed by atoms with Crippen molar-refractivity contribution in [3.05, 3.63) is 35.4 Å². The minimum atomic E-state index is -0.204.